The lowest BCUT2D eigenvalue weighted by Gasteiger charge is -2.35. The van der Waals surface area contributed by atoms with Crippen LogP contribution in [0.3, 0.4) is 0 Å². The van der Waals surface area contributed by atoms with E-state index in [-0.39, 0.29) is 17.9 Å². The Morgan fingerprint density at radius 2 is 2.07 bits per heavy atom. The molecule has 3 heteroatoms. The molecule has 0 atom stereocenters. The second-order valence-corrected chi connectivity index (χ2v) is 4.05. The molecule has 0 spiro atoms. The molecule has 14 heavy (non-hydrogen) atoms. The SMILES string of the molecule is C#CC(=O)NCC1(CO)CCCCC1. The van der Waals surface area contributed by atoms with Crippen molar-refractivity contribution in [2.75, 3.05) is 13.2 Å². The minimum atomic E-state index is -0.386. The molecule has 1 rings (SSSR count). The summed E-state index contributed by atoms with van der Waals surface area (Å²) >= 11 is 0. The highest BCUT2D eigenvalue weighted by molar-refractivity contribution is 5.92. The van der Waals surface area contributed by atoms with Crippen LogP contribution in [0.15, 0.2) is 0 Å². The fourth-order valence-corrected chi connectivity index (χ4v) is 2.01. The summed E-state index contributed by atoms with van der Waals surface area (Å²) in [6.07, 6.45) is 10.4. The minimum Gasteiger partial charge on any atom is -0.396 e. The van der Waals surface area contributed by atoms with Gasteiger partial charge < -0.3 is 10.4 Å². The van der Waals surface area contributed by atoms with Gasteiger partial charge in [-0.2, -0.15) is 0 Å². The van der Waals surface area contributed by atoms with E-state index in [1.54, 1.807) is 0 Å². The normalized spacial score (nSPS) is 19.7. The maximum absolute atomic E-state index is 10.9. The lowest BCUT2D eigenvalue weighted by atomic mass is 9.74. The Balaban J connectivity index is 2.44. The first kappa shape index (κ1) is 11.1. The summed E-state index contributed by atoms with van der Waals surface area (Å²) in [4.78, 5) is 10.9. The summed E-state index contributed by atoms with van der Waals surface area (Å²) in [6, 6.07) is 0. The van der Waals surface area contributed by atoms with Gasteiger partial charge >= 0.3 is 0 Å². The zero-order valence-corrected chi connectivity index (χ0v) is 8.38. The van der Waals surface area contributed by atoms with E-state index in [0.717, 1.165) is 25.7 Å². The number of hydrogen-bond acceptors (Lipinski definition) is 2. The zero-order valence-electron chi connectivity index (χ0n) is 8.38. The molecule has 3 nitrogen and oxygen atoms in total. The first-order chi connectivity index (χ1) is 6.72. The molecule has 0 aliphatic heterocycles. The quantitative estimate of drug-likeness (QED) is 0.651. The largest absolute Gasteiger partial charge is 0.396 e. The van der Waals surface area contributed by atoms with Crippen LogP contribution in [0, 0.1) is 17.8 Å². The van der Waals surface area contributed by atoms with Crippen molar-refractivity contribution in [3.8, 4) is 12.3 Å². The van der Waals surface area contributed by atoms with Gasteiger partial charge in [-0.15, -0.1) is 6.42 Å². The van der Waals surface area contributed by atoms with Crippen LogP contribution in [0.25, 0.3) is 0 Å². The van der Waals surface area contributed by atoms with Crippen molar-refractivity contribution < 1.29 is 9.90 Å². The number of rotatable bonds is 3. The van der Waals surface area contributed by atoms with Gasteiger partial charge in [-0.1, -0.05) is 19.3 Å². The Hall–Kier alpha value is -1.01. The topological polar surface area (TPSA) is 49.3 Å². The maximum atomic E-state index is 10.9. The van der Waals surface area contributed by atoms with Crippen LogP contribution >= 0.6 is 0 Å². The molecule has 1 aliphatic rings. The van der Waals surface area contributed by atoms with Gasteiger partial charge in [-0.05, 0) is 18.8 Å². The van der Waals surface area contributed by atoms with Crippen LogP contribution in [0.1, 0.15) is 32.1 Å². The zero-order chi connectivity index (χ0) is 10.4. The smallest absolute Gasteiger partial charge is 0.295 e. The van der Waals surface area contributed by atoms with E-state index in [2.05, 4.69) is 5.32 Å². The lowest BCUT2D eigenvalue weighted by molar-refractivity contribution is -0.116. The second kappa shape index (κ2) is 5.02. The third-order valence-electron chi connectivity index (χ3n) is 3.00. The van der Waals surface area contributed by atoms with Gasteiger partial charge in [-0.25, -0.2) is 0 Å². The molecule has 0 saturated heterocycles. The molecular weight excluding hydrogens is 178 g/mol. The summed E-state index contributed by atoms with van der Waals surface area (Å²) in [5.74, 6) is 1.63. The molecule has 0 aromatic heterocycles. The number of amides is 1. The van der Waals surface area contributed by atoms with Crippen LogP contribution < -0.4 is 5.32 Å². The van der Waals surface area contributed by atoms with Crippen LogP contribution in [0.4, 0.5) is 0 Å². The van der Waals surface area contributed by atoms with Gasteiger partial charge in [0.25, 0.3) is 5.91 Å². The molecule has 78 valence electrons. The number of hydrogen-bond donors (Lipinski definition) is 2. The van der Waals surface area contributed by atoms with Gasteiger partial charge in [0.15, 0.2) is 0 Å². The van der Waals surface area contributed by atoms with Crippen molar-refractivity contribution in [1.29, 1.82) is 0 Å². The Morgan fingerprint density at radius 1 is 1.43 bits per heavy atom. The van der Waals surface area contributed by atoms with Crippen LogP contribution in [0.2, 0.25) is 0 Å². The molecule has 0 radical (unpaired) electrons. The van der Waals surface area contributed by atoms with Gasteiger partial charge in [0.2, 0.25) is 0 Å². The van der Waals surface area contributed by atoms with Crippen molar-refractivity contribution in [3.63, 3.8) is 0 Å². The fourth-order valence-electron chi connectivity index (χ4n) is 2.01. The summed E-state index contributed by atoms with van der Waals surface area (Å²) in [6.45, 7) is 0.643. The standard InChI is InChI=1S/C11H17NO2/c1-2-10(14)12-8-11(9-13)6-4-3-5-7-11/h1,13H,3-9H2,(H,12,14). The number of carbonyl (C=O) groups excluding carboxylic acids is 1. The van der Waals surface area contributed by atoms with Crippen LogP contribution in [-0.4, -0.2) is 24.2 Å². The first-order valence-corrected chi connectivity index (χ1v) is 5.08. The van der Waals surface area contributed by atoms with E-state index in [4.69, 9.17) is 6.42 Å². The number of terminal acetylenes is 1. The van der Waals surface area contributed by atoms with Gasteiger partial charge in [-0.3, -0.25) is 4.79 Å². The van der Waals surface area contributed by atoms with Crippen molar-refractivity contribution in [2.45, 2.75) is 32.1 Å². The van der Waals surface area contributed by atoms with Crippen LogP contribution in [-0.2, 0) is 4.79 Å². The molecule has 0 aromatic carbocycles. The molecule has 1 fully saturated rings. The average Bonchev–Trinajstić information content (AvgIpc) is 2.27. The number of nitrogens with one attached hydrogen (secondary N) is 1. The van der Waals surface area contributed by atoms with Gasteiger partial charge in [0, 0.05) is 12.0 Å². The van der Waals surface area contributed by atoms with Crippen molar-refractivity contribution in [3.05, 3.63) is 0 Å². The number of aliphatic hydroxyl groups is 1. The molecule has 1 amide bonds. The highest BCUT2D eigenvalue weighted by atomic mass is 16.3. The Morgan fingerprint density at radius 3 is 2.57 bits per heavy atom. The van der Waals surface area contributed by atoms with Gasteiger partial charge in [0.1, 0.15) is 0 Å². The monoisotopic (exact) mass is 195 g/mol. The third kappa shape index (κ3) is 2.74. The van der Waals surface area contributed by atoms with E-state index >= 15 is 0 Å². The molecule has 2 N–H and O–H groups in total. The highest BCUT2D eigenvalue weighted by Gasteiger charge is 2.31. The Labute approximate surface area is 84.9 Å². The van der Waals surface area contributed by atoms with E-state index < -0.39 is 0 Å². The summed E-state index contributed by atoms with van der Waals surface area (Å²) in [5, 5.41) is 12.0. The molecule has 0 heterocycles. The van der Waals surface area contributed by atoms with E-state index in [9.17, 15) is 9.90 Å². The minimum absolute atomic E-state index is 0.120. The van der Waals surface area contributed by atoms with Crippen LogP contribution in [0.5, 0.6) is 0 Å². The predicted octanol–water partition coefficient (Wildman–Crippen LogP) is 0.679. The maximum Gasteiger partial charge on any atom is 0.295 e. The number of carbonyl (C=O) groups is 1. The van der Waals surface area contributed by atoms with E-state index in [1.165, 1.54) is 6.42 Å². The predicted molar refractivity (Wildman–Crippen MR) is 54.4 cm³/mol. The molecule has 0 unspecified atom stereocenters. The van der Waals surface area contributed by atoms with E-state index in [1.807, 2.05) is 5.92 Å². The highest BCUT2D eigenvalue weighted by Crippen LogP contribution is 2.35. The van der Waals surface area contributed by atoms with Gasteiger partial charge in [0.05, 0.1) is 6.61 Å². The number of aliphatic hydroxyl groups excluding tert-OH is 1. The fraction of sp³-hybridized carbons (Fsp3) is 0.727. The molecule has 1 saturated carbocycles. The van der Waals surface area contributed by atoms with Crippen molar-refractivity contribution >= 4 is 5.91 Å². The third-order valence-corrected chi connectivity index (χ3v) is 3.00. The first-order valence-electron chi connectivity index (χ1n) is 5.08. The lowest BCUT2D eigenvalue weighted by Crippen LogP contribution is -2.41. The molecule has 0 bridgehead atoms. The second-order valence-electron chi connectivity index (χ2n) is 4.05. The average molecular weight is 195 g/mol. The molecular formula is C11H17NO2. The summed E-state index contributed by atoms with van der Waals surface area (Å²) in [7, 11) is 0. The molecule has 0 aromatic rings. The Bertz CT molecular complexity index is 236. The summed E-state index contributed by atoms with van der Waals surface area (Å²) < 4.78 is 0. The van der Waals surface area contributed by atoms with Crippen molar-refractivity contribution in [2.24, 2.45) is 5.41 Å². The van der Waals surface area contributed by atoms with Crippen molar-refractivity contribution in [1.82, 2.24) is 5.32 Å². The Kier molecular flexibility index (Phi) is 3.97. The summed E-state index contributed by atoms with van der Waals surface area (Å²) in [5.41, 5.74) is -0.120. The molecule has 1 aliphatic carbocycles. The van der Waals surface area contributed by atoms with E-state index in [0.29, 0.717) is 6.54 Å².